The SMILES string of the molecule is CCCCc1ccc(C2=CCc3cc(F)c(F)cc3C2)cc1. The first-order chi connectivity index (χ1) is 10.7. The summed E-state index contributed by atoms with van der Waals surface area (Å²) >= 11 is 0. The van der Waals surface area contributed by atoms with E-state index in [-0.39, 0.29) is 0 Å². The summed E-state index contributed by atoms with van der Waals surface area (Å²) in [5, 5.41) is 0. The number of allylic oxidation sites excluding steroid dienone is 2. The Balaban J connectivity index is 1.79. The van der Waals surface area contributed by atoms with Gasteiger partial charge in [-0.3, -0.25) is 0 Å². The average Bonchev–Trinajstić information content (AvgIpc) is 2.54. The number of unbranched alkanes of at least 4 members (excludes halogenated alkanes) is 1. The average molecular weight is 298 g/mol. The molecule has 0 unspecified atom stereocenters. The number of halogens is 2. The lowest BCUT2D eigenvalue weighted by atomic mass is 9.87. The zero-order valence-electron chi connectivity index (χ0n) is 12.8. The van der Waals surface area contributed by atoms with Crippen LogP contribution in [0, 0.1) is 11.6 Å². The third-order valence-electron chi connectivity index (χ3n) is 4.34. The number of fused-ring (bicyclic) bond motifs is 1. The van der Waals surface area contributed by atoms with Crippen LogP contribution in [0.15, 0.2) is 42.5 Å². The number of hydrogen-bond donors (Lipinski definition) is 0. The van der Waals surface area contributed by atoms with Gasteiger partial charge >= 0.3 is 0 Å². The molecule has 2 aromatic rings. The van der Waals surface area contributed by atoms with Gasteiger partial charge in [-0.1, -0.05) is 43.7 Å². The molecule has 22 heavy (non-hydrogen) atoms. The van der Waals surface area contributed by atoms with Crippen molar-refractivity contribution in [1.82, 2.24) is 0 Å². The van der Waals surface area contributed by atoms with Crippen molar-refractivity contribution >= 4 is 5.57 Å². The molecule has 0 atom stereocenters. The maximum Gasteiger partial charge on any atom is 0.159 e. The molecule has 0 saturated carbocycles. The van der Waals surface area contributed by atoms with E-state index in [2.05, 4.69) is 37.3 Å². The summed E-state index contributed by atoms with van der Waals surface area (Å²) in [7, 11) is 0. The van der Waals surface area contributed by atoms with Crippen molar-refractivity contribution in [2.75, 3.05) is 0 Å². The molecule has 114 valence electrons. The molecule has 1 aliphatic rings. The minimum atomic E-state index is -0.755. The molecule has 0 heterocycles. The maximum atomic E-state index is 13.4. The molecule has 0 saturated heterocycles. The van der Waals surface area contributed by atoms with Gasteiger partial charge in [0, 0.05) is 0 Å². The Bertz CT molecular complexity index is 696. The highest BCUT2D eigenvalue weighted by atomic mass is 19.2. The minimum absolute atomic E-state index is 0.666. The normalized spacial score (nSPS) is 13.7. The number of rotatable bonds is 4. The summed E-state index contributed by atoms with van der Waals surface area (Å²) in [6, 6.07) is 11.3. The van der Waals surface area contributed by atoms with E-state index in [9.17, 15) is 8.78 Å². The van der Waals surface area contributed by atoms with Gasteiger partial charge in [-0.15, -0.1) is 0 Å². The van der Waals surface area contributed by atoms with Crippen LogP contribution in [-0.2, 0) is 19.3 Å². The van der Waals surface area contributed by atoms with Gasteiger partial charge in [0.05, 0.1) is 0 Å². The van der Waals surface area contributed by atoms with Crippen LogP contribution in [-0.4, -0.2) is 0 Å². The van der Waals surface area contributed by atoms with E-state index in [1.54, 1.807) is 0 Å². The van der Waals surface area contributed by atoms with E-state index >= 15 is 0 Å². The lowest BCUT2D eigenvalue weighted by molar-refractivity contribution is 0.506. The van der Waals surface area contributed by atoms with Crippen molar-refractivity contribution in [3.63, 3.8) is 0 Å². The highest BCUT2D eigenvalue weighted by Crippen LogP contribution is 2.29. The zero-order chi connectivity index (χ0) is 15.5. The van der Waals surface area contributed by atoms with Crippen LogP contribution in [0.25, 0.3) is 5.57 Å². The summed E-state index contributed by atoms with van der Waals surface area (Å²) in [5.41, 5.74) is 5.51. The van der Waals surface area contributed by atoms with E-state index in [0.29, 0.717) is 12.8 Å². The third-order valence-corrected chi connectivity index (χ3v) is 4.34. The quantitative estimate of drug-likeness (QED) is 0.700. The van der Waals surface area contributed by atoms with E-state index in [1.165, 1.54) is 41.7 Å². The molecule has 3 rings (SSSR count). The molecule has 0 aromatic heterocycles. The minimum Gasteiger partial charge on any atom is -0.204 e. The predicted octanol–water partition coefficient (Wildman–Crippen LogP) is 5.49. The Morgan fingerprint density at radius 1 is 0.955 bits per heavy atom. The molecule has 0 spiro atoms. The van der Waals surface area contributed by atoms with Crippen LogP contribution in [0.5, 0.6) is 0 Å². The van der Waals surface area contributed by atoms with Gasteiger partial charge in [0.1, 0.15) is 0 Å². The number of hydrogen-bond acceptors (Lipinski definition) is 0. The second-order valence-corrected chi connectivity index (χ2v) is 5.95. The molecule has 2 aromatic carbocycles. The van der Waals surface area contributed by atoms with E-state index in [0.717, 1.165) is 17.5 Å². The van der Waals surface area contributed by atoms with E-state index < -0.39 is 11.6 Å². The second kappa shape index (κ2) is 6.43. The fraction of sp³-hybridized carbons (Fsp3) is 0.300. The Morgan fingerprint density at radius 3 is 2.32 bits per heavy atom. The monoisotopic (exact) mass is 298 g/mol. The molecule has 0 N–H and O–H groups in total. The smallest absolute Gasteiger partial charge is 0.159 e. The van der Waals surface area contributed by atoms with Gasteiger partial charge in [-0.25, -0.2) is 8.78 Å². The lowest BCUT2D eigenvalue weighted by Crippen LogP contribution is -2.05. The summed E-state index contributed by atoms with van der Waals surface area (Å²) in [6.07, 6.45) is 6.98. The standard InChI is InChI=1S/C20H20F2/c1-2-3-4-14-5-7-15(8-6-14)16-9-10-17-12-19(21)20(22)13-18(17)11-16/h5-9,12-13H,2-4,10-11H2,1H3. The van der Waals surface area contributed by atoms with E-state index in [4.69, 9.17) is 0 Å². The van der Waals surface area contributed by atoms with Crippen molar-refractivity contribution < 1.29 is 8.78 Å². The zero-order valence-corrected chi connectivity index (χ0v) is 12.8. The van der Waals surface area contributed by atoms with Gasteiger partial charge in [-0.2, -0.15) is 0 Å². The number of aryl methyl sites for hydroxylation is 1. The fourth-order valence-corrected chi connectivity index (χ4v) is 2.98. The van der Waals surface area contributed by atoms with Crippen LogP contribution >= 0.6 is 0 Å². The largest absolute Gasteiger partial charge is 0.204 e. The molecule has 2 heteroatoms. The first-order valence-corrected chi connectivity index (χ1v) is 7.92. The van der Waals surface area contributed by atoms with Crippen molar-refractivity contribution in [1.29, 1.82) is 0 Å². The molecular formula is C20H20F2. The fourth-order valence-electron chi connectivity index (χ4n) is 2.98. The molecule has 0 bridgehead atoms. The maximum absolute atomic E-state index is 13.4. The Kier molecular flexibility index (Phi) is 4.37. The number of benzene rings is 2. The Morgan fingerprint density at radius 2 is 1.64 bits per heavy atom. The molecular weight excluding hydrogens is 278 g/mol. The van der Waals surface area contributed by atoms with Crippen molar-refractivity contribution in [3.05, 3.63) is 76.4 Å². The molecule has 1 aliphatic carbocycles. The van der Waals surface area contributed by atoms with Crippen molar-refractivity contribution in [2.45, 2.75) is 39.0 Å². The summed E-state index contributed by atoms with van der Waals surface area (Å²) < 4.78 is 26.7. The predicted molar refractivity (Wildman–Crippen MR) is 86.8 cm³/mol. The van der Waals surface area contributed by atoms with Crippen molar-refractivity contribution in [3.8, 4) is 0 Å². The van der Waals surface area contributed by atoms with Gasteiger partial charge in [-0.05, 0) is 65.6 Å². The molecule has 0 fully saturated rings. The van der Waals surface area contributed by atoms with Crippen LogP contribution in [0.1, 0.15) is 42.0 Å². The summed E-state index contributed by atoms with van der Waals surface area (Å²) in [5.74, 6) is -1.51. The van der Waals surface area contributed by atoms with Crippen LogP contribution in [0.4, 0.5) is 8.78 Å². The third kappa shape index (κ3) is 3.11. The Labute approximate surface area is 130 Å². The second-order valence-electron chi connectivity index (χ2n) is 5.95. The summed E-state index contributed by atoms with van der Waals surface area (Å²) in [6.45, 7) is 2.20. The highest BCUT2D eigenvalue weighted by Gasteiger charge is 2.15. The Hall–Kier alpha value is -1.96. The van der Waals surface area contributed by atoms with Crippen LogP contribution < -0.4 is 0 Å². The topological polar surface area (TPSA) is 0 Å². The van der Waals surface area contributed by atoms with Gasteiger partial charge in [0.25, 0.3) is 0 Å². The van der Waals surface area contributed by atoms with Crippen LogP contribution in [0.3, 0.4) is 0 Å². The van der Waals surface area contributed by atoms with Crippen molar-refractivity contribution in [2.24, 2.45) is 0 Å². The van der Waals surface area contributed by atoms with Gasteiger partial charge < -0.3 is 0 Å². The first kappa shape index (κ1) is 15.0. The highest BCUT2D eigenvalue weighted by molar-refractivity contribution is 5.70. The van der Waals surface area contributed by atoms with Gasteiger partial charge in [0.2, 0.25) is 0 Å². The lowest BCUT2D eigenvalue weighted by Gasteiger charge is -2.18. The summed E-state index contributed by atoms with van der Waals surface area (Å²) in [4.78, 5) is 0. The molecule has 0 aliphatic heterocycles. The molecule has 0 radical (unpaired) electrons. The van der Waals surface area contributed by atoms with E-state index in [1.807, 2.05) is 0 Å². The van der Waals surface area contributed by atoms with Gasteiger partial charge in [0.15, 0.2) is 11.6 Å². The van der Waals surface area contributed by atoms with Crippen LogP contribution in [0.2, 0.25) is 0 Å². The molecule has 0 amide bonds. The molecule has 0 nitrogen and oxygen atoms in total. The first-order valence-electron chi connectivity index (χ1n) is 7.92.